The molecule has 1 amide bonds. The minimum absolute atomic E-state index is 0.416. The number of carbonyl (C=O) groups is 1. The number of carbonyl (C=O) groups excluding carboxylic acids is 1. The Morgan fingerprint density at radius 3 is 2.46 bits per heavy atom. The Morgan fingerprint density at radius 2 is 1.83 bits per heavy atom. The van der Waals surface area contributed by atoms with Crippen LogP contribution in [0.1, 0.15) is 27.0 Å². The van der Waals surface area contributed by atoms with Crippen LogP contribution in [0, 0.1) is 6.92 Å². The molecule has 0 spiro atoms. The number of nitrogens with two attached hydrogens (primary N) is 1. The predicted molar refractivity (Wildman–Crippen MR) is 100 cm³/mol. The van der Waals surface area contributed by atoms with Crippen molar-refractivity contribution in [2.45, 2.75) is 20.0 Å². The highest BCUT2D eigenvalue weighted by atomic mass is 16.1. The average Bonchev–Trinajstić information content (AvgIpc) is 2.53. The van der Waals surface area contributed by atoms with Crippen molar-refractivity contribution in [3.8, 4) is 0 Å². The third-order valence-corrected chi connectivity index (χ3v) is 3.88. The average molecular weight is 326 g/mol. The van der Waals surface area contributed by atoms with E-state index in [9.17, 15) is 4.79 Å². The molecule has 0 saturated carbocycles. The van der Waals surface area contributed by atoms with Crippen molar-refractivity contribution in [1.29, 1.82) is 0 Å². The van der Waals surface area contributed by atoms with Crippen molar-refractivity contribution in [2.75, 3.05) is 31.8 Å². The molecule has 0 saturated heterocycles. The Balaban J connectivity index is 2.28. The smallest absolute Gasteiger partial charge is 0.248 e. The number of nitrogens with one attached hydrogen (secondary N) is 2. The molecule has 5 heteroatoms. The fourth-order valence-electron chi connectivity index (χ4n) is 2.68. The van der Waals surface area contributed by atoms with Gasteiger partial charge in [-0.1, -0.05) is 23.8 Å². The first kappa shape index (κ1) is 17.8. The number of hydrogen-bond acceptors (Lipinski definition) is 4. The molecule has 0 unspecified atom stereocenters. The first-order valence-corrected chi connectivity index (χ1v) is 7.99. The lowest BCUT2D eigenvalue weighted by atomic mass is 10.1. The molecular formula is C19H26N4O. The van der Waals surface area contributed by atoms with Crippen LogP contribution in [-0.2, 0) is 13.1 Å². The van der Waals surface area contributed by atoms with Gasteiger partial charge in [-0.2, -0.15) is 0 Å². The highest BCUT2D eigenvalue weighted by Gasteiger charge is 2.09. The summed E-state index contributed by atoms with van der Waals surface area (Å²) in [5.41, 5.74) is 11.5. The van der Waals surface area contributed by atoms with Gasteiger partial charge >= 0.3 is 0 Å². The zero-order valence-corrected chi connectivity index (χ0v) is 14.8. The Labute approximate surface area is 143 Å². The van der Waals surface area contributed by atoms with Crippen LogP contribution in [0.4, 0.5) is 11.4 Å². The van der Waals surface area contributed by atoms with Crippen LogP contribution in [0.3, 0.4) is 0 Å². The second-order valence-corrected chi connectivity index (χ2v) is 6.24. The topological polar surface area (TPSA) is 70.4 Å². The first-order valence-electron chi connectivity index (χ1n) is 7.99. The molecule has 5 nitrogen and oxygen atoms in total. The van der Waals surface area contributed by atoms with Gasteiger partial charge in [0.05, 0.1) is 0 Å². The largest absolute Gasteiger partial charge is 0.388 e. The summed E-state index contributed by atoms with van der Waals surface area (Å²) in [5.74, 6) is -0.416. The number of aryl methyl sites for hydroxylation is 1. The van der Waals surface area contributed by atoms with E-state index in [4.69, 9.17) is 5.73 Å². The van der Waals surface area contributed by atoms with E-state index < -0.39 is 5.91 Å². The Bertz CT molecular complexity index is 725. The second-order valence-electron chi connectivity index (χ2n) is 6.24. The predicted octanol–water partition coefficient (Wildman–Crippen LogP) is 2.81. The van der Waals surface area contributed by atoms with Crippen LogP contribution < -0.4 is 16.4 Å². The van der Waals surface area contributed by atoms with Gasteiger partial charge in [0.15, 0.2) is 0 Å². The lowest BCUT2D eigenvalue weighted by molar-refractivity contribution is 0.100. The maximum atomic E-state index is 11.5. The van der Waals surface area contributed by atoms with Crippen LogP contribution in [0.2, 0.25) is 0 Å². The summed E-state index contributed by atoms with van der Waals surface area (Å²) in [4.78, 5) is 13.6. The summed E-state index contributed by atoms with van der Waals surface area (Å²) in [6, 6.07) is 11.9. The van der Waals surface area contributed by atoms with Crippen molar-refractivity contribution in [1.82, 2.24) is 4.90 Å². The molecular weight excluding hydrogens is 300 g/mol. The Kier molecular flexibility index (Phi) is 5.82. The molecule has 0 aliphatic carbocycles. The van der Waals surface area contributed by atoms with Gasteiger partial charge in [-0.15, -0.1) is 0 Å². The van der Waals surface area contributed by atoms with E-state index in [1.807, 2.05) is 33.3 Å². The number of amides is 1. The number of anilines is 2. The van der Waals surface area contributed by atoms with E-state index in [1.54, 1.807) is 6.07 Å². The third kappa shape index (κ3) is 4.49. The molecule has 2 aromatic rings. The zero-order chi connectivity index (χ0) is 17.7. The van der Waals surface area contributed by atoms with Gasteiger partial charge in [-0.25, -0.2) is 0 Å². The van der Waals surface area contributed by atoms with Crippen LogP contribution in [0.5, 0.6) is 0 Å². The van der Waals surface area contributed by atoms with Crippen molar-refractivity contribution in [2.24, 2.45) is 5.73 Å². The van der Waals surface area contributed by atoms with Gasteiger partial charge in [0, 0.05) is 37.1 Å². The van der Waals surface area contributed by atoms with E-state index >= 15 is 0 Å². The molecule has 0 atom stereocenters. The highest BCUT2D eigenvalue weighted by molar-refractivity contribution is 5.94. The number of primary amides is 1. The lowest BCUT2D eigenvalue weighted by Crippen LogP contribution is -2.16. The SMILES string of the molecule is CNc1ccc(C)cc1CNc1cc(C(N)=O)ccc1CN(C)C. The molecule has 128 valence electrons. The number of nitrogens with zero attached hydrogens (tertiary/aromatic N) is 1. The van der Waals surface area contributed by atoms with Crippen molar-refractivity contribution < 1.29 is 4.79 Å². The van der Waals surface area contributed by atoms with Crippen LogP contribution in [0.25, 0.3) is 0 Å². The summed E-state index contributed by atoms with van der Waals surface area (Å²) in [6.45, 7) is 3.53. The summed E-state index contributed by atoms with van der Waals surface area (Å²) < 4.78 is 0. The molecule has 2 rings (SSSR count). The summed E-state index contributed by atoms with van der Waals surface area (Å²) in [7, 11) is 5.95. The highest BCUT2D eigenvalue weighted by Crippen LogP contribution is 2.23. The van der Waals surface area contributed by atoms with E-state index in [0.717, 1.165) is 23.5 Å². The van der Waals surface area contributed by atoms with Crippen molar-refractivity contribution >= 4 is 17.3 Å². The maximum absolute atomic E-state index is 11.5. The molecule has 0 aromatic heterocycles. The Morgan fingerprint density at radius 1 is 1.08 bits per heavy atom. The first-order chi connectivity index (χ1) is 11.4. The standard InChI is InChI=1S/C19H26N4O/c1-13-5-8-17(21-2)16(9-13)11-22-18-10-14(19(20)24)6-7-15(18)12-23(3)4/h5-10,21-22H,11-12H2,1-4H3,(H2,20,24). The molecule has 0 radical (unpaired) electrons. The minimum Gasteiger partial charge on any atom is -0.388 e. The molecule has 2 aromatic carbocycles. The summed E-state index contributed by atoms with van der Waals surface area (Å²) in [6.07, 6.45) is 0. The van der Waals surface area contributed by atoms with Crippen LogP contribution in [0.15, 0.2) is 36.4 Å². The fraction of sp³-hybridized carbons (Fsp3) is 0.316. The number of rotatable bonds is 7. The molecule has 4 N–H and O–H groups in total. The maximum Gasteiger partial charge on any atom is 0.248 e. The monoisotopic (exact) mass is 326 g/mol. The summed E-state index contributed by atoms with van der Waals surface area (Å²) in [5, 5.41) is 6.67. The van der Waals surface area contributed by atoms with Gasteiger partial charge in [0.2, 0.25) is 5.91 Å². The molecule has 0 bridgehead atoms. The molecule has 0 heterocycles. The van der Waals surface area contributed by atoms with E-state index in [-0.39, 0.29) is 0 Å². The second kappa shape index (κ2) is 7.84. The molecule has 0 aliphatic heterocycles. The van der Waals surface area contributed by atoms with Gasteiger partial charge < -0.3 is 21.3 Å². The van der Waals surface area contributed by atoms with Crippen LogP contribution >= 0.6 is 0 Å². The fourth-order valence-corrected chi connectivity index (χ4v) is 2.68. The number of hydrogen-bond donors (Lipinski definition) is 3. The number of benzene rings is 2. The van der Waals surface area contributed by atoms with Crippen molar-refractivity contribution in [3.05, 3.63) is 58.7 Å². The molecule has 0 fully saturated rings. The Hall–Kier alpha value is -2.53. The van der Waals surface area contributed by atoms with Gasteiger partial charge in [0.1, 0.15) is 0 Å². The lowest BCUT2D eigenvalue weighted by Gasteiger charge is -2.18. The van der Waals surface area contributed by atoms with Crippen molar-refractivity contribution in [3.63, 3.8) is 0 Å². The van der Waals surface area contributed by atoms with Gasteiger partial charge in [-0.3, -0.25) is 4.79 Å². The van der Waals surface area contributed by atoms with E-state index in [0.29, 0.717) is 12.1 Å². The normalized spacial score (nSPS) is 10.7. The van der Waals surface area contributed by atoms with E-state index in [1.165, 1.54) is 11.1 Å². The zero-order valence-electron chi connectivity index (χ0n) is 14.8. The third-order valence-electron chi connectivity index (χ3n) is 3.88. The molecule has 24 heavy (non-hydrogen) atoms. The van der Waals surface area contributed by atoms with Gasteiger partial charge in [-0.05, 0) is 50.3 Å². The summed E-state index contributed by atoms with van der Waals surface area (Å²) >= 11 is 0. The van der Waals surface area contributed by atoms with Crippen LogP contribution in [-0.4, -0.2) is 32.0 Å². The minimum atomic E-state index is -0.416. The molecule has 0 aliphatic rings. The van der Waals surface area contributed by atoms with E-state index in [2.05, 4.69) is 40.7 Å². The quantitative estimate of drug-likeness (QED) is 0.732. The van der Waals surface area contributed by atoms with Gasteiger partial charge in [0.25, 0.3) is 0 Å².